The molecule has 0 amide bonds. The zero-order chi connectivity index (χ0) is 14.8. The van der Waals surface area contributed by atoms with Crippen molar-refractivity contribution < 1.29 is 5.11 Å². The minimum absolute atomic E-state index is 0.000398. The molecule has 1 N–H and O–H groups in total. The number of aliphatic hydroxyl groups excluding tert-OH is 1. The monoisotopic (exact) mass is 301 g/mol. The van der Waals surface area contributed by atoms with Crippen molar-refractivity contribution in [3.8, 4) is 0 Å². The molecule has 0 fully saturated rings. The second kappa shape index (κ2) is 5.63. The molecule has 1 aromatic heterocycles. The number of benzene rings is 2. The number of fused-ring (bicyclic) bond motifs is 1. The average molecular weight is 302 g/mol. The van der Waals surface area contributed by atoms with Crippen molar-refractivity contribution in [2.45, 2.75) is 12.6 Å². The number of hydrogen-bond donors (Lipinski definition) is 1. The zero-order valence-corrected chi connectivity index (χ0v) is 11.7. The molecule has 3 aromatic rings. The van der Waals surface area contributed by atoms with Gasteiger partial charge < -0.3 is 5.11 Å². The molecule has 1 atom stereocenters. The predicted molar refractivity (Wildman–Crippen MR) is 80.2 cm³/mol. The molecule has 1 heterocycles. The fraction of sp³-hybridized carbons (Fsp3) is 0.133. The van der Waals surface area contributed by atoms with Gasteiger partial charge in [-0.25, -0.2) is 4.68 Å². The lowest BCUT2D eigenvalue weighted by molar-refractivity contribution is 0.148. The summed E-state index contributed by atoms with van der Waals surface area (Å²) in [5.74, 6) is 0. The summed E-state index contributed by atoms with van der Waals surface area (Å²) in [7, 11) is 0. The summed E-state index contributed by atoms with van der Waals surface area (Å²) in [6, 6.07) is 13.9. The van der Waals surface area contributed by atoms with Gasteiger partial charge in [0.1, 0.15) is 11.6 Å². The van der Waals surface area contributed by atoms with Gasteiger partial charge in [-0.05, 0) is 18.2 Å². The van der Waals surface area contributed by atoms with E-state index in [4.69, 9.17) is 11.6 Å². The molecular weight excluding hydrogens is 290 g/mol. The number of halogens is 1. The molecule has 0 saturated carbocycles. The standard InChI is InChI=1S/C15H12ClN3O2/c16-12-7-3-1-5-10(12)14(20)9-19-15(21)11-6-2-4-8-13(11)17-18-19/h1-8,14,20H,9H2/t14-/m0/s1. The van der Waals surface area contributed by atoms with Crippen molar-refractivity contribution in [2.75, 3.05) is 0 Å². The third-order valence-electron chi connectivity index (χ3n) is 3.24. The van der Waals surface area contributed by atoms with Gasteiger partial charge in [-0.2, -0.15) is 0 Å². The van der Waals surface area contributed by atoms with Crippen molar-refractivity contribution in [1.82, 2.24) is 15.0 Å². The molecule has 0 bridgehead atoms. The average Bonchev–Trinajstić information content (AvgIpc) is 2.51. The first-order chi connectivity index (χ1) is 10.2. The number of rotatable bonds is 3. The van der Waals surface area contributed by atoms with Crippen LogP contribution < -0.4 is 5.56 Å². The van der Waals surface area contributed by atoms with Gasteiger partial charge in [-0.3, -0.25) is 4.79 Å². The van der Waals surface area contributed by atoms with E-state index in [1.165, 1.54) is 0 Å². The lowest BCUT2D eigenvalue weighted by Gasteiger charge is -2.13. The van der Waals surface area contributed by atoms with Gasteiger partial charge in [0.15, 0.2) is 0 Å². The Bertz CT molecular complexity index is 847. The second-order valence-corrected chi connectivity index (χ2v) is 5.04. The van der Waals surface area contributed by atoms with E-state index >= 15 is 0 Å². The molecule has 0 aliphatic carbocycles. The number of aromatic nitrogens is 3. The fourth-order valence-corrected chi connectivity index (χ4v) is 2.41. The lowest BCUT2D eigenvalue weighted by atomic mass is 10.1. The van der Waals surface area contributed by atoms with Crippen molar-refractivity contribution in [2.24, 2.45) is 0 Å². The van der Waals surface area contributed by atoms with Crippen LogP contribution in [0.5, 0.6) is 0 Å². The van der Waals surface area contributed by atoms with Gasteiger partial charge in [0.05, 0.1) is 11.9 Å². The molecule has 0 aliphatic heterocycles. The summed E-state index contributed by atoms with van der Waals surface area (Å²) < 4.78 is 1.15. The van der Waals surface area contributed by atoms with Crippen LogP contribution in [0.3, 0.4) is 0 Å². The first-order valence-electron chi connectivity index (χ1n) is 6.42. The molecule has 5 nitrogen and oxygen atoms in total. The van der Waals surface area contributed by atoms with E-state index in [9.17, 15) is 9.90 Å². The van der Waals surface area contributed by atoms with Crippen LogP contribution in [-0.4, -0.2) is 20.1 Å². The third kappa shape index (κ3) is 2.66. The maximum absolute atomic E-state index is 12.3. The highest BCUT2D eigenvalue weighted by atomic mass is 35.5. The minimum atomic E-state index is -0.924. The Labute approximate surface area is 125 Å². The molecule has 0 spiro atoms. The van der Waals surface area contributed by atoms with Crippen LogP contribution in [0.25, 0.3) is 10.9 Å². The van der Waals surface area contributed by atoms with E-state index in [-0.39, 0.29) is 12.1 Å². The Hall–Kier alpha value is -2.24. The summed E-state index contributed by atoms with van der Waals surface area (Å²) in [5.41, 5.74) is 0.804. The van der Waals surface area contributed by atoms with Crippen LogP contribution in [0, 0.1) is 0 Å². The topological polar surface area (TPSA) is 68.0 Å². The molecule has 0 unspecified atom stereocenters. The van der Waals surface area contributed by atoms with E-state index in [2.05, 4.69) is 10.3 Å². The van der Waals surface area contributed by atoms with E-state index in [1.54, 1.807) is 48.5 Å². The van der Waals surface area contributed by atoms with Gasteiger partial charge in [-0.1, -0.05) is 47.1 Å². The normalized spacial score (nSPS) is 12.5. The maximum Gasteiger partial charge on any atom is 0.277 e. The summed E-state index contributed by atoms with van der Waals surface area (Å²) in [5, 5.41) is 19.0. The van der Waals surface area contributed by atoms with Crippen LogP contribution in [0.2, 0.25) is 5.02 Å². The van der Waals surface area contributed by atoms with Crippen LogP contribution in [-0.2, 0) is 6.54 Å². The number of aliphatic hydroxyl groups is 1. The molecule has 2 aromatic carbocycles. The van der Waals surface area contributed by atoms with Gasteiger partial charge >= 0.3 is 0 Å². The van der Waals surface area contributed by atoms with Crippen LogP contribution in [0.4, 0.5) is 0 Å². The largest absolute Gasteiger partial charge is 0.386 e. The van der Waals surface area contributed by atoms with Crippen LogP contribution in [0.15, 0.2) is 53.3 Å². The Morgan fingerprint density at radius 2 is 1.86 bits per heavy atom. The van der Waals surface area contributed by atoms with Gasteiger partial charge in [0, 0.05) is 10.6 Å². The zero-order valence-electron chi connectivity index (χ0n) is 11.0. The fourth-order valence-electron chi connectivity index (χ4n) is 2.15. The predicted octanol–water partition coefficient (Wildman–Crippen LogP) is 2.18. The van der Waals surface area contributed by atoms with Crippen molar-refractivity contribution in [1.29, 1.82) is 0 Å². The summed E-state index contributed by atoms with van der Waals surface area (Å²) >= 11 is 6.04. The van der Waals surface area contributed by atoms with Crippen molar-refractivity contribution in [3.63, 3.8) is 0 Å². The number of nitrogens with zero attached hydrogens (tertiary/aromatic N) is 3. The third-order valence-corrected chi connectivity index (χ3v) is 3.58. The summed E-state index contributed by atoms with van der Waals surface area (Å²) in [4.78, 5) is 12.3. The highest BCUT2D eigenvalue weighted by Crippen LogP contribution is 2.23. The molecule has 0 radical (unpaired) electrons. The molecule has 3 rings (SSSR count). The summed E-state index contributed by atoms with van der Waals surface area (Å²) in [6.45, 7) is 0.000398. The van der Waals surface area contributed by atoms with Crippen molar-refractivity contribution >= 4 is 22.5 Å². The van der Waals surface area contributed by atoms with E-state index in [1.807, 2.05) is 0 Å². The SMILES string of the molecule is O=c1c2ccccc2nnn1C[C@H](O)c1ccccc1Cl. The highest BCUT2D eigenvalue weighted by Gasteiger charge is 2.14. The molecule has 0 saturated heterocycles. The Morgan fingerprint density at radius 1 is 1.14 bits per heavy atom. The first-order valence-corrected chi connectivity index (χ1v) is 6.79. The number of hydrogen-bond acceptors (Lipinski definition) is 4. The van der Waals surface area contributed by atoms with E-state index in [0.29, 0.717) is 21.5 Å². The quantitative estimate of drug-likeness (QED) is 0.805. The van der Waals surface area contributed by atoms with Crippen LogP contribution >= 0.6 is 11.6 Å². The second-order valence-electron chi connectivity index (χ2n) is 4.63. The Morgan fingerprint density at radius 3 is 2.67 bits per heavy atom. The maximum atomic E-state index is 12.3. The van der Waals surface area contributed by atoms with E-state index in [0.717, 1.165) is 4.68 Å². The minimum Gasteiger partial charge on any atom is -0.386 e. The molecular formula is C15H12ClN3O2. The van der Waals surface area contributed by atoms with Gasteiger partial charge in [0.2, 0.25) is 0 Å². The highest BCUT2D eigenvalue weighted by molar-refractivity contribution is 6.31. The molecule has 106 valence electrons. The van der Waals surface area contributed by atoms with Crippen molar-refractivity contribution in [3.05, 3.63) is 69.5 Å². The van der Waals surface area contributed by atoms with Gasteiger partial charge in [0.25, 0.3) is 5.56 Å². The van der Waals surface area contributed by atoms with E-state index < -0.39 is 6.10 Å². The smallest absolute Gasteiger partial charge is 0.277 e. The van der Waals surface area contributed by atoms with Crippen LogP contribution in [0.1, 0.15) is 11.7 Å². The Kier molecular flexibility index (Phi) is 3.68. The lowest BCUT2D eigenvalue weighted by Crippen LogP contribution is -2.27. The van der Waals surface area contributed by atoms with Gasteiger partial charge in [-0.15, -0.1) is 5.10 Å². The molecule has 0 aliphatic rings. The molecule has 21 heavy (non-hydrogen) atoms. The first kappa shape index (κ1) is 13.7. The Balaban J connectivity index is 1.97. The molecule has 6 heteroatoms. The summed E-state index contributed by atoms with van der Waals surface area (Å²) in [6.07, 6.45) is -0.924.